The molecule has 2 unspecified atom stereocenters. The Labute approximate surface area is 103 Å². The summed E-state index contributed by atoms with van der Waals surface area (Å²) in [5.74, 6) is 0. The van der Waals surface area contributed by atoms with E-state index in [2.05, 4.69) is 53.0 Å². The third kappa shape index (κ3) is 2.03. The van der Waals surface area contributed by atoms with Crippen LogP contribution < -0.4 is 10.6 Å². The van der Waals surface area contributed by atoms with Gasteiger partial charge in [0.05, 0.1) is 5.69 Å². The van der Waals surface area contributed by atoms with Gasteiger partial charge < -0.3 is 10.6 Å². The van der Waals surface area contributed by atoms with Crippen molar-refractivity contribution < 1.29 is 0 Å². The number of hydrogen-bond acceptors (Lipinski definition) is 3. The molecule has 1 aliphatic heterocycles. The molecule has 2 rings (SSSR count). The number of fused-ring (bicyclic) bond motifs is 1. The third-order valence-electron chi connectivity index (χ3n) is 2.96. The van der Waals surface area contributed by atoms with E-state index in [1.54, 1.807) is 0 Å². The second kappa shape index (κ2) is 4.36. The molecule has 82 valence electrons. The SMILES string of the molecule is CC1C(CN)Sc2ccc(Br)cc2N1C. The molecule has 0 spiro atoms. The lowest BCUT2D eigenvalue weighted by molar-refractivity contribution is 0.636. The van der Waals surface area contributed by atoms with E-state index >= 15 is 0 Å². The summed E-state index contributed by atoms with van der Waals surface area (Å²) < 4.78 is 1.13. The second-order valence-electron chi connectivity index (χ2n) is 3.86. The van der Waals surface area contributed by atoms with Crippen molar-refractivity contribution in [3.63, 3.8) is 0 Å². The molecule has 1 aliphatic rings. The van der Waals surface area contributed by atoms with Crippen LogP contribution in [0.5, 0.6) is 0 Å². The minimum atomic E-state index is 0.488. The van der Waals surface area contributed by atoms with E-state index in [0.29, 0.717) is 11.3 Å². The van der Waals surface area contributed by atoms with Gasteiger partial charge in [0, 0.05) is 34.3 Å². The summed E-state index contributed by atoms with van der Waals surface area (Å²) in [6.45, 7) is 2.96. The summed E-state index contributed by atoms with van der Waals surface area (Å²) in [7, 11) is 2.14. The highest BCUT2D eigenvalue weighted by Crippen LogP contribution is 2.41. The van der Waals surface area contributed by atoms with Crippen LogP contribution >= 0.6 is 27.7 Å². The zero-order chi connectivity index (χ0) is 11.0. The molecular weight excluding hydrogens is 272 g/mol. The minimum Gasteiger partial charge on any atom is -0.370 e. The topological polar surface area (TPSA) is 29.3 Å². The van der Waals surface area contributed by atoms with E-state index in [1.165, 1.54) is 10.6 Å². The molecule has 2 atom stereocenters. The molecule has 0 radical (unpaired) electrons. The largest absolute Gasteiger partial charge is 0.370 e. The van der Waals surface area contributed by atoms with Gasteiger partial charge in [0.15, 0.2) is 0 Å². The van der Waals surface area contributed by atoms with Crippen LogP contribution in [0.15, 0.2) is 27.6 Å². The number of rotatable bonds is 1. The van der Waals surface area contributed by atoms with Crippen molar-refractivity contribution in [3.05, 3.63) is 22.7 Å². The van der Waals surface area contributed by atoms with Crippen LogP contribution in [0.4, 0.5) is 5.69 Å². The highest BCUT2D eigenvalue weighted by Gasteiger charge is 2.28. The summed E-state index contributed by atoms with van der Waals surface area (Å²) >= 11 is 5.40. The van der Waals surface area contributed by atoms with Gasteiger partial charge in [-0.15, -0.1) is 11.8 Å². The van der Waals surface area contributed by atoms with E-state index in [4.69, 9.17) is 5.73 Å². The molecule has 2 N–H and O–H groups in total. The van der Waals surface area contributed by atoms with Crippen LogP contribution in [-0.2, 0) is 0 Å². The lowest BCUT2D eigenvalue weighted by atomic mass is 10.1. The second-order valence-corrected chi connectivity index (χ2v) is 6.05. The number of anilines is 1. The smallest absolute Gasteiger partial charge is 0.0516 e. The summed E-state index contributed by atoms with van der Waals surface area (Å²) in [5.41, 5.74) is 7.08. The number of benzene rings is 1. The van der Waals surface area contributed by atoms with Crippen LogP contribution in [0.3, 0.4) is 0 Å². The molecule has 1 heterocycles. The Balaban J connectivity index is 2.40. The van der Waals surface area contributed by atoms with Gasteiger partial charge in [-0.25, -0.2) is 0 Å². The van der Waals surface area contributed by atoms with Gasteiger partial charge in [-0.2, -0.15) is 0 Å². The number of thioether (sulfide) groups is 1. The summed E-state index contributed by atoms with van der Waals surface area (Å²) in [6, 6.07) is 6.91. The van der Waals surface area contributed by atoms with Crippen LogP contribution in [0.25, 0.3) is 0 Å². The Morgan fingerprint density at radius 2 is 2.27 bits per heavy atom. The van der Waals surface area contributed by atoms with Gasteiger partial charge in [-0.05, 0) is 25.1 Å². The van der Waals surface area contributed by atoms with Crippen molar-refractivity contribution in [2.24, 2.45) is 5.73 Å². The Hall–Kier alpha value is -0.190. The first-order chi connectivity index (χ1) is 7.13. The average Bonchev–Trinajstić information content (AvgIpc) is 2.24. The van der Waals surface area contributed by atoms with Crippen molar-refractivity contribution in [1.82, 2.24) is 0 Å². The highest BCUT2D eigenvalue weighted by molar-refractivity contribution is 9.10. The van der Waals surface area contributed by atoms with Gasteiger partial charge in [-0.1, -0.05) is 15.9 Å². The van der Waals surface area contributed by atoms with Crippen LogP contribution in [0, 0.1) is 0 Å². The molecule has 4 heteroatoms. The highest BCUT2D eigenvalue weighted by atomic mass is 79.9. The van der Waals surface area contributed by atoms with Gasteiger partial charge in [0.2, 0.25) is 0 Å². The monoisotopic (exact) mass is 286 g/mol. The fourth-order valence-electron chi connectivity index (χ4n) is 1.84. The predicted molar refractivity (Wildman–Crippen MR) is 70.7 cm³/mol. The van der Waals surface area contributed by atoms with Crippen molar-refractivity contribution >= 4 is 33.4 Å². The van der Waals surface area contributed by atoms with Crippen LogP contribution in [-0.4, -0.2) is 24.9 Å². The van der Waals surface area contributed by atoms with E-state index in [9.17, 15) is 0 Å². The maximum Gasteiger partial charge on any atom is 0.0516 e. The zero-order valence-corrected chi connectivity index (χ0v) is 11.3. The van der Waals surface area contributed by atoms with E-state index < -0.39 is 0 Å². The fraction of sp³-hybridized carbons (Fsp3) is 0.455. The first-order valence-electron chi connectivity index (χ1n) is 5.02. The molecule has 1 aromatic carbocycles. The fourth-order valence-corrected chi connectivity index (χ4v) is 3.46. The normalized spacial score (nSPS) is 25.2. The maximum absolute atomic E-state index is 5.79. The van der Waals surface area contributed by atoms with E-state index in [0.717, 1.165) is 11.0 Å². The number of hydrogen-bond donors (Lipinski definition) is 1. The standard InChI is InChI=1S/C11H15BrN2S/c1-7-11(6-13)15-10-4-3-8(12)5-9(10)14(7)2/h3-5,7,11H,6,13H2,1-2H3. The molecule has 0 aromatic heterocycles. The Morgan fingerprint density at radius 3 is 2.93 bits per heavy atom. The zero-order valence-electron chi connectivity index (χ0n) is 8.90. The lowest BCUT2D eigenvalue weighted by Gasteiger charge is -2.38. The molecule has 0 aliphatic carbocycles. The first kappa shape index (κ1) is 11.3. The van der Waals surface area contributed by atoms with Crippen molar-refractivity contribution in [2.45, 2.75) is 23.1 Å². The maximum atomic E-state index is 5.79. The van der Waals surface area contributed by atoms with Gasteiger partial charge in [0.1, 0.15) is 0 Å². The predicted octanol–water partition coefficient (Wildman–Crippen LogP) is 2.71. The third-order valence-corrected chi connectivity index (χ3v) is 4.94. The molecule has 0 amide bonds. The summed E-state index contributed by atoms with van der Waals surface area (Å²) in [4.78, 5) is 3.64. The Bertz CT molecular complexity index is 370. The molecule has 0 fully saturated rings. The number of halogens is 1. The van der Waals surface area contributed by atoms with Gasteiger partial charge in [-0.3, -0.25) is 0 Å². The molecule has 0 bridgehead atoms. The first-order valence-corrected chi connectivity index (χ1v) is 6.70. The van der Waals surface area contributed by atoms with Gasteiger partial charge >= 0.3 is 0 Å². The number of nitrogens with two attached hydrogens (primary N) is 1. The Morgan fingerprint density at radius 1 is 1.53 bits per heavy atom. The van der Waals surface area contributed by atoms with Crippen molar-refractivity contribution in [1.29, 1.82) is 0 Å². The molecule has 0 saturated carbocycles. The molecule has 0 saturated heterocycles. The molecular formula is C11H15BrN2S. The quantitative estimate of drug-likeness (QED) is 0.861. The summed E-state index contributed by atoms with van der Waals surface area (Å²) in [6.07, 6.45) is 0. The number of nitrogens with zero attached hydrogens (tertiary/aromatic N) is 1. The molecule has 15 heavy (non-hydrogen) atoms. The van der Waals surface area contributed by atoms with E-state index in [-0.39, 0.29) is 0 Å². The average molecular weight is 287 g/mol. The Kier molecular flexibility index (Phi) is 3.28. The van der Waals surface area contributed by atoms with E-state index in [1.807, 2.05) is 11.8 Å². The van der Waals surface area contributed by atoms with Crippen molar-refractivity contribution in [2.75, 3.05) is 18.5 Å². The minimum absolute atomic E-state index is 0.488. The van der Waals surface area contributed by atoms with Gasteiger partial charge in [0.25, 0.3) is 0 Å². The van der Waals surface area contributed by atoms with Crippen LogP contribution in [0.1, 0.15) is 6.92 Å². The lowest BCUT2D eigenvalue weighted by Crippen LogP contribution is -2.43. The van der Waals surface area contributed by atoms with Crippen molar-refractivity contribution in [3.8, 4) is 0 Å². The van der Waals surface area contributed by atoms with Crippen LogP contribution in [0.2, 0.25) is 0 Å². The summed E-state index contributed by atoms with van der Waals surface area (Å²) in [5, 5.41) is 0.490. The molecule has 1 aromatic rings. The molecule has 2 nitrogen and oxygen atoms in total.